The highest BCUT2D eigenvalue weighted by atomic mass is 35.5. The summed E-state index contributed by atoms with van der Waals surface area (Å²) in [6, 6.07) is 11.8. The number of benzene rings is 1. The molecule has 5 heteroatoms. The lowest BCUT2D eigenvalue weighted by Crippen LogP contribution is -2.49. The number of nitrogens with one attached hydrogen (secondary N) is 1. The van der Waals surface area contributed by atoms with Gasteiger partial charge in [-0.25, -0.2) is 4.79 Å². The van der Waals surface area contributed by atoms with Crippen molar-refractivity contribution in [2.75, 3.05) is 6.54 Å². The largest absolute Gasteiger partial charge is 0.349 e. The Balaban J connectivity index is 2.02. The van der Waals surface area contributed by atoms with Crippen molar-refractivity contribution in [3.05, 3.63) is 58.9 Å². The molecular formula is C19H24ClN3O. The average Bonchev–Trinajstić information content (AvgIpc) is 2.87. The number of carbonyl (C=O) groups is 1. The molecule has 0 spiro atoms. The molecule has 0 fully saturated rings. The van der Waals surface area contributed by atoms with E-state index in [1.807, 2.05) is 56.0 Å². The second kappa shape index (κ2) is 6.52. The molecule has 2 heterocycles. The van der Waals surface area contributed by atoms with Crippen molar-refractivity contribution in [1.82, 2.24) is 14.8 Å². The van der Waals surface area contributed by atoms with Crippen LogP contribution in [0.1, 0.15) is 44.5 Å². The van der Waals surface area contributed by atoms with E-state index in [-0.39, 0.29) is 17.6 Å². The van der Waals surface area contributed by atoms with E-state index in [9.17, 15) is 4.79 Å². The molecule has 0 saturated carbocycles. The van der Waals surface area contributed by atoms with E-state index in [0.717, 1.165) is 30.8 Å². The lowest BCUT2D eigenvalue weighted by molar-refractivity contribution is 0.176. The Bertz CT molecular complexity index is 715. The molecular weight excluding hydrogens is 322 g/mol. The van der Waals surface area contributed by atoms with Gasteiger partial charge in [-0.05, 0) is 57.0 Å². The van der Waals surface area contributed by atoms with Gasteiger partial charge in [-0.2, -0.15) is 0 Å². The van der Waals surface area contributed by atoms with Crippen LogP contribution in [0, 0.1) is 0 Å². The molecule has 0 bridgehead atoms. The van der Waals surface area contributed by atoms with Crippen LogP contribution >= 0.6 is 11.6 Å². The van der Waals surface area contributed by atoms with Gasteiger partial charge < -0.3 is 14.8 Å². The van der Waals surface area contributed by atoms with Gasteiger partial charge in [0.15, 0.2) is 0 Å². The van der Waals surface area contributed by atoms with Crippen molar-refractivity contribution >= 4 is 17.6 Å². The van der Waals surface area contributed by atoms with Crippen molar-refractivity contribution < 1.29 is 4.79 Å². The second-order valence-electron chi connectivity index (χ2n) is 7.31. The maximum atomic E-state index is 12.9. The third-order valence-corrected chi connectivity index (χ3v) is 4.44. The molecule has 1 aromatic carbocycles. The summed E-state index contributed by atoms with van der Waals surface area (Å²) in [7, 11) is 0. The second-order valence-corrected chi connectivity index (χ2v) is 7.74. The monoisotopic (exact) mass is 345 g/mol. The van der Waals surface area contributed by atoms with Gasteiger partial charge in [-0.1, -0.05) is 23.7 Å². The predicted octanol–water partition coefficient (Wildman–Crippen LogP) is 4.44. The van der Waals surface area contributed by atoms with E-state index in [1.165, 1.54) is 0 Å². The quantitative estimate of drug-likeness (QED) is 0.814. The third-order valence-electron chi connectivity index (χ3n) is 4.18. The summed E-state index contributed by atoms with van der Waals surface area (Å²) in [5.41, 5.74) is 1.94. The number of aromatic nitrogens is 1. The van der Waals surface area contributed by atoms with Crippen molar-refractivity contribution in [2.45, 2.75) is 45.3 Å². The maximum absolute atomic E-state index is 12.9. The molecule has 1 atom stereocenters. The molecule has 3 rings (SSSR count). The van der Waals surface area contributed by atoms with Gasteiger partial charge in [-0.15, -0.1) is 0 Å². The number of hydrogen-bond donors (Lipinski definition) is 1. The molecule has 0 aliphatic carbocycles. The zero-order chi connectivity index (χ0) is 17.3. The summed E-state index contributed by atoms with van der Waals surface area (Å²) in [5.74, 6) is 0. The van der Waals surface area contributed by atoms with E-state index in [2.05, 4.69) is 22.1 Å². The summed E-state index contributed by atoms with van der Waals surface area (Å²) >= 11 is 6.05. The summed E-state index contributed by atoms with van der Waals surface area (Å²) in [4.78, 5) is 14.9. The first-order valence-corrected chi connectivity index (χ1v) is 8.72. The number of hydrogen-bond acceptors (Lipinski definition) is 1. The molecule has 128 valence electrons. The van der Waals surface area contributed by atoms with Crippen LogP contribution in [0.4, 0.5) is 4.79 Å². The minimum Gasteiger partial charge on any atom is -0.349 e. The SMILES string of the molecule is CC(C)(C)NC(=O)N1CCCn2cccc2C1c1ccc(Cl)cc1. The highest BCUT2D eigenvalue weighted by Crippen LogP contribution is 2.32. The average molecular weight is 346 g/mol. The zero-order valence-electron chi connectivity index (χ0n) is 14.4. The molecule has 1 aliphatic rings. The van der Waals surface area contributed by atoms with Crippen LogP contribution in [0.5, 0.6) is 0 Å². The number of rotatable bonds is 1. The smallest absolute Gasteiger partial charge is 0.318 e. The summed E-state index contributed by atoms with van der Waals surface area (Å²) < 4.78 is 2.24. The number of halogens is 1. The first kappa shape index (κ1) is 16.9. The molecule has 1 aromatic heterocycles. The molecule has 0 radical (unpaired) electrons. The summed E-state index contributed by atoms with van der Waals surface area (Å²) in [6.07, 6.45) is 3.02. The standard InChI is InChI=1S/C19H24ClN3O/c1-19(2,3)21-18(24)23-13-5-12-22-11-4-6-16(22)17(23)14-7-9-15(20)10-8-14/h4,6-11,17H,5,12-13H2,1-3H3,(H,21,24). The van der Waals surface area contributed by atoms with Crippen LogP contribution in [0.2, 0.25) is 5.02 Å². The first-order valence-electron chi connectivity index (χ1n) is 8.34. The Morgan fingerprint density at radius 2 is 1.88 bits per heavy atom. The lowest BCUT2D eigenvalue weighted by atomic mass is 10.0. The summed E-state index contributed by atoms with van der Waals surface area (Å²) in [6.45, 7) is 7.65. The topological polar surface area (TPSA) is 37.3 Å². The number of aryl methyl sites for hydroxylation is 1. The minimum atomic E-state index is -0.268. The Hall–Kier alpha value is -1.94. The van der Waals surface area contributed by atoms with E-state index in [1.54, 1.807) is 0 Å². The van der Waals surface area contributed by atoms with Crippen LogP contribution in [0.25, 0.3) is 0 Å². The number of nitrogens with zero attached hydrogens (tertiary/aromatic N) is 2. The highest BCUT2D eigenvalue weighted by Gasteiger charge is 2.32. The zero-order valence-corrected chi connectivity index (χ0v) is 15.2. The highest BCUT2D eigenvalue weighted by molar-refractivity contribution is 6.30. The number of carbonyl (C=O) groups excluding carboxylic acids is 1. The predicted molar refractivity (Wildman–Crippen MR) is 97.3 cm³/mol. The van der Waals surface area contributed by atoms with Gasteiger partial charge in [0, 0.05) is 35.5 Å². The maximum Gasteiger partial charge on any atom is 0.318 e. The molecule has 0 saturated heterocycles. The van der Waals surface area contributed by atoms with Gasteiger partial charge >= 0.3 is 6.03 Å². The van der Waals surface area contributed by atoms with Crippen molar-refractivity contribution in [3.63, 3.8) is 0 Å². The Kier molecular flexibility index (Phi) is 4.59. The van der Waals surface area contributed by atoms with Crippen LogP contribution in [0.3, 0.4) is 0 Å². The minimum absolute atomic E-state index is 0.0305. The Labute approximate surface area is 148 Å². The van der Waals surface area contributed by atoms with E-state index >= 15 is 0 Å². The van der Waals surface area contributed by atoms with E-state index < -0.39 is 0 Å². The van der Waals surface area contributed by atoms with Gasteiger partial charge in [0.25, 0.3) is 0 Å². The molecule has 1 unspecified atom stereocenters. The van der Waals surface area contributed by atoms with Crippen LogP contribution in [0.15, 0.2) is 42.6 Å². The Morgan fingerprint density at radius 1 is 1.17 bits per heavy atom. The number of fused-ring (bicyclic) bond motifs is 1. The molecule has 2 aromatic rings. The molecule has 1 aliphatic heterocycles. The van der Waals surface area contributed by atoms with Crippen molar-refractivity contribution in [2.24, 2.45) is 0 Å². The van der Waals surface area contributed by atoms with Crippen LogP contribution < -0.4 is 5.32 Å². The van der Waals surface area contributed by atoms with Gasteiger partial charge in [-0.3, -0.25) is 0 Å². The van der Waals surface area contributed by atoms with Gasteiger partial charge in [0.1, 0.15) is 0 Å². The number of urea groups is 1. The fourth-order valence-corrected chi connectivity index (χ4v) is 3.31. The molecule has 1 N–H and O–H groups in total. The van der Waals surface area contributed by atoms with E-state index in [0.29, 0.717) is 5.02 Å². The molecule has 4 nitrogen and oxygen atoms in total. The van der Waals surface area contributed by atoms with Crippen LogP contribution in [-0.4, -0.2) is 27.6 Å². The lowest BCUT2D eigenvalue weighted by Gasteiger charge is -2.33. The van der Waals surface area contributed by atoms with Gasteiger partial charge in [0.05, 0.1) is 6.04 Å². The van der Waals surface area contributed by atoms with Crippen LogP contribution in [-0.2, 0) is 6.54 Å². The van der Waals surface area contributed by atoms with Crippen molar-refractivity contribution in [1.29, 1.82) is 0 Å². The fraction of sp³-hybridized carbons (Fsp3) is 0.421. The van der Waals surface area contributed by atoms with Gasteiger partial charge in [0.2, 0.25) is 0 Å². The summed E-state index contributed by atoms with van der Waals surface area (Å²) in [5, 5.41) is 3.80. The fourth-order valence-electron chi connectivity index (χ4n) is 3.19. The number of amides is 2. The third kappa shape index (κ3) is 3.59. The van der Waals surface area contributed by atoms with Crippen molar-refractivity contribution in [3.8, 4) is 0 Å². The molecule has 24 heavy (non-hydrogen) atoms. The normalized spacial score (nSPS) is 18.0. The van der Waals surface area contributed by atoms with E-state index in [4.69, 9.17) is 11.6 Å². The molecule has 2 amide bonds. The Morgan fingerprint density at radius 3 is 2.54 bits per heavy atom. The first-order chi connectivity index (χ1) is 11.3.